The number of alkyl halides is 2. The Bertz CT molecular complexity index is 74.6. The first-order valence-electron chi connectivity index (χ1n) is 3.00. The molecule has 0 aromatic carbocycles. The lowest BCUT2D eigenvalue weighted by Crippen LogP contribution is -2.12. The van der Waals surface area contributed by atoms with E-state index in [0.29, 0.717) is 9.84 Å². The van der Waals surface area contributed by atoms with Crippen LogP contribution in [0.1, 0.15) is 19.8 Å². The maximum Gasteiger partial charge on any atom is 0.114 e. The quantitative estimate of drug-likeness (QED) is 0.441. The van der Waals surface area contributed by atoms with Crippen molar-refractivity contribution in [2.75, 3.05) is 0 Å². The summed E-state index contributed by atoms with van der Waals surface area (Å²) in [5, 5.41) is 0. The molecule has 0 amide bonds. The molecule has 2 heteroatoms. The molecule has 0 aromatic rings. The monoisotopic (exact) mass is 228 g/mol. The lowest BCUT2D eigenvalue weighted by Gasteiger charge is -2.06. The third kappa shape index (κ3) is 1.14. The largest absolute Gasteiger partial charge is 0.246 e. The Morgan fingerprint density at radius 3 is 2.25 bits per heavy atom. The molecule has 1 aliphatic carbocycles. The Morgan fingerprint density at radius 1 is 1.50 bits per heavy atom. The van der Waals surface area contributed by atoms with Crippen molar-refractivity contribution in [3.8, 4) is 0 Å². The van der Waals surface area contributed by atoms with Gasteiger partial charge in [-0.05, 0) is 18.8 Å². The van der Waals surface area contributed by atoms with E-state index in [2.05, 4.69) is 22.6 Å². The molecule has 1 fully saturated rings. The Balaban J connectivity index is 2.44. The van der Waals surface area contributed by atoms with Crippen molar-refractivity contribution in [3.05, 3.63) is 0 Å². The summed E-state index contributed by atoms with van der Waals surface area (Å²) in [6, 6.07) is 0. The second-order valence-electron chi connectivity index (χ2n) is 2.52. The first-order chi connectivity index (χ1) is 3.72. The highest BCUT2D eigenvalue weighted by atomic mass is 127. The van der Waals surface area contributed by atoms with E-state index >= 15 is 0 Å². The van der Waals surface area contributed by atoms with Crippen molar-refractivity contribution in [1.29, 1.82) is 0 Å². The first-order valence-corrected chi connectivity index (χ1v) is 4.24. The van der Waals surface area contributed by atoms with Crippen LogP contribution in [0.25, 0.3) is 0 Å². The van der Waals surface area contributed by atoms with Crippen LogP contribution < -0.4 is 0 Å². The Kier molecular flexibility index (Phi) is 2.12. The summed E-state index contributed by atoms with van der Waals surface area (Å²) in [5.74, 6) is 0.317. The van der Waals surface area contributed by atoms with Gasteiger partial charge in [0.05, 0.1) is 0 Å². The highest BCUT2D eigenvalue weighted by molar-refractivity contribution is 14.1. The molecule has 0 N–H and O–H groups in total. The van der Waals surface area contributed by atoms with E-state index in [1.54, 1.807) is 0 Å². The Morgan fingerprint density at radius 2 is 2.12 bits per heavy atom. The normalized spacial score (nSPS) is 47.6. The zero-order valence-electron chi connectivity index (χ0n) is 4.90. The van der Waals surface area contributed by atoms with E-state index in [9.17, 15) is 4.39 Å². The van der Waals surface area contributed by atoms with Crippen LogP contribution in [0.4, 0.5) is 4.39 Å². The molecule has 8 heavy (non-hydrogen) atoms. The zero-order chi connectivity index (χ0) is 6.15. The van der Waals surface area contributed by atoms with Crippen LogP contribution in [-0.4, -0.2) is 10.1 Å². The molecule has 0 aliphatic heterocycles. The van der Waals surface area contributed by atoms with Gasteiger partial charge in [0.2, 0.25) is 0 Å². The van der Waals surface area contributed by atoms with E-state index < -0.39 is 6.17 Å². The number of halogens is 2. The molecule has 0 aromatic heterocycles. The van der Waals surface area contributed by atoms with E-state index in [4.69, 9.17) is 0 Å². The highest BCUT2D eigenvalue weighted by Crippen LogP contribution is 2.33. The van der Waals surface area contributed by atoms with Crippen LogP contribution in [0.15, 0.2) is 0 Å². The first kappa shape index (κ1) is 6.78. The fourth-order valence-corrected chi connectivity index (χ4v) is 2.17. The molecule has 0 heterocycles. The molecule has 0 unspecified atom stereocenters. The molecule has 1 saturated carbocycles. The number of hydrogen-bond acceptors (Lipinski definition) is 0. The van der Waals surface area contributed by atoms with Gasteiger partial charge in [0.1, 0.15) is 6.17 Å². The van der Waals surface area contributed by atoms with Gasteiger partial charge in [-0.2, -0.15) is 0 Å². The van der Waals surface area contributed by atoms with Gasteiger partial charge in [-0.15, -0.1) is 0 Å². The van der Waals surface area contributed by atoms with Crippen LogP contribution in [-0.2, 0) is 0 Å². The van der Waals surface area contributed by atoms with Gasteiger partial charge in [-0.25, -0.2) is 4.39 Å². The summed E-state index contributed by atoms with van der Waals surface area (Å²) in [5.41, 5.74) is 0. The van der Waals surface area contributed by atoms with Crippen LogP contribution in [0.3, 0.4) is 0 Å². The predicted molar refractivity (Wildman–Crippen MR) is 41.1 cm³/mol. The van der Waals surface area contributed by atoms with Crippen LogP contribution >= 0.6 is 22.6 Å². The maximum absolute atomic E-state index is 12.7. The van der Waals surface area contributed by atoms with E-state index in [-0.39, 0.29) is 0 Å². The summed E-state index contributed by atoms with van der Waals surface area (Å²) >= 11 is 2.20. The molecule has 0 bridgehead atoms. The molecule has 1 aliphatic rings. The van der Waals surface area contributed by atoms with Gasteiger partial charge in [-0.3, -0.25) is 0 Å². The van der Waals surface area contributed by atoms with Crippen molar-refractivity contribution < 1.29 is 4.39 Å². The number of rotatable bonds is 0. The summed E-state index contributed by atoms with van der Waals surface area (Å²) in [7, 11) is 0. The molecule has 0 nitrogen and oxygen atoms in total. The lowest BCUT2D eigenvalue weighted by molar-refractivity contribution is 0.287. The van der Waals surface area contributed by atoms with E-state index in [1.807, 2.05) is 6.92 Å². The maximum atomic E-state index is 12.7. The third-order valence-electron chi connectivity index (χ3n) is 1.79. The van der Waals surface area contributed by atoms with Gasteiger partial charge in [-0.1, -0.05) is 29.5 Å². The average molecular weight is 228 g/mol. The third-order valence-corrected chi connectivity index (χ3v) is 3.10. The molecule has 1 rings (SSSR count). The molecular weight excluding hydrogens is 218 g/mol. The predicted octanol–water partition coefficient (Wildman–Crippen LogP) is 2.56. The smallest absolute Gasteiger partial charge is 0.114 e. The molecule has 0 spiro atoms. The van der Waals surface area contributed by atoms with Gasteiger partial charge in [0.25, 0.3) is 0 Å². The second kappa shape index (κ2) is 2.50. The highest BCUT2D eigenvalue weighted by Gasteiger charge is 2.30. The topological polar surface area (TPSA) is 0 Å². The molecule has 3 atom stereocenters. The fraction of sp³-hybridized carbons (Fsp3) is 1.00. The minimum atomic E-state index is -0.532. The van der Waals surface area contributed by atoms with Gasteiger partial charge in [0.15, 0.2) is 0 Å². The standard InChI is InChI=1S/C6H10FI/c1-4-2-3-5(8)6(4)7/h4-6H,2-3H2,1H3/t4-,5+,6+/m1/s1. The SMILES string of the molecule is C[C@@H]1CC[C@H](I)[C@H]1F. The van der Waals surface area contributed by atoms with Gasteiger partial charge in [0, 0.05) is 3.92 Å². The summed E-state index contributed by atoms with van der Waals surface area (Å²) in [6.45, 7) is 1.99. The summed E-state index contributed by atoms with van der Waals surface area (Å²) in [4.78, 5) is 0. The van der Waals surface area contributed by atoms with Crippen molar-refractivity contribution in [1.82, 2.24) is 0 Å². The molecular formula is C6H10FI. The van der Waals surface area contributed by atoms with Gasteiger partial charge < -0.3 is 0 Å². The molecule has 0 saturated heterocycles. The van der Waals surface area contributed by atoms with Crippen molar-refractivity contribution in [2.24, 2.45) is 5.92 Å². The van der Waals surface area contributed by atoms with Crippen LogP contribution in [0.2, 0.25) is 0 Å². The molecule has 0 radical (unpaired) electrons. The minimum Gasteiger partial charge on any atom is -0.246 e. The second-order valence-corrected chi connectivity index (χ2v) is 4.12. The van der Waals surface area contributed by atoms with Crippen molar-refractivity contribution >= 4 is 22.6 Å². The average Bonchev–Trinajstić information content (AvgIpc) is 1.98. The molecule has 48 valence electrons. The van der Waals surface area contributed by atoms with E-state index in [1.165, 1.54) is 0 Å². The summed E-state index contributed by atoms with van der Waals surface area (Å²) < 4.78 is 13.0. The number of hydrogen-bond donors (Lipinski definition) is 0. The lowest BCUT2D eigenvalue weighted by atomic mass is 10.1. The Labute approximate surface area is 63.0 Å². The summed E-state index contributed by atoms with van der Waals surface area (Å²) in [6.07, 6.45) is 1.62. The zero-order valence-corrected chi connectivity index (χ0v) is 7.06. The fourth-order valence-electron chi connectivity index (χ4n) is 1.10. The van der Waals surface area contributed by atoms with Crippen molar-refractivity contribution in [2.45, 2.75) is 29.9 Å². The van der Waals surface area contributed by atoms with Crippen molar-refractivity contribution in [3.63, 3.8) is 0 Å². The minimum absolute atomic E-state index is 0.294. The van der Waals surface area contributed by atoms with Gasteiger partial charge >= 0.3 is 0 Å². The van der Waals surface area contributed by atoms with E-state index in [0.717, 1.165) is 12.8 Å². The van der Waals surface area contributed by atoms with Crippen LogP contribution in [0.5, 0.6) is 0 Å². The van der Waals surface area contributed by atoms with Crippen LogP contribution in [0, 0.1) is 5.92 Å². The Hall–Kier alpha value is 0.660.